The Morgan fingerprint density at radius 2 is 2.37 bits per heavy atom. The largest absolute Gasteiger partial charge is 0.485 e. The van der Waals surface area contributed by atoms with Gasteiger partial charge in [-0.25, -0.2) is 0 Å². The summed E-state index contributed by atoms with van der Waals surface area (Å²) in [6, 6.07) is 6.01. The third-order valence-electron chi connectivity index (χ3n) is 3.46. The molecule has 19 heavy (non-hydrogen) atoms. The Balaban J connectivity index is 1.91. The van der Waals surface area contributed by atoms with Gasteiger partial charge in [0, 0.05) is 40.8 Å². The number of rotatable bonds is 2. The summed E-state index contributed by atoms with van der Waals surface area (Å²) in [6.07, 6.45) is 4.66. The zero-order valence-corrected chi connectivity index (χ0v) is 12.3. The lowest BCUT2D eigenvalue weighted by Crippen LogP contribution is -2.23. The summed E-state index contributed by atoms with van der Waals surface area (Å²) < 4.78 is 8.97. The van der Waals surface area contributed by atoms with Crippen molar-refractivity contribution in [2.75, 3.05) is 0 Å². The van der Waals surface area contributed by atoms with Gasteiger partial charge in [0.15, 0.2) is 0 Å². The Kier molecular flexibility index (Phi) is 3.33. The summed E-state index contributed by atoms with van der Waals surface area (Å²) in [6.45, 7) is 2.93. The van der Waals surface area contributed by atoms with Gasteiger partial charge in [-0.1, -0.05) is 22.0 Å². The molecule has 0 saturated carbocycles. The van der Waals surface area contributed by atoms with Crippen LogP contribution in [0.5, 0.6) is 5.75 Å². The molecule has 1 unspecified atom stereocenters. The first-order valence-electron chi connectivity index (χ1n) is 6.41. The van der Waals surface area contributed by atoms with Gasteiger partial charge >= 0.3 is 0 Å². The van der Waals surface area contributed by atoms with Crippen LogP contribution in [-0.2, 0) is 6.54 Å². The van der Waals surface area contributed by atoms with Crippen LogP contribution in [0.2, 0.25) is 0 Å². The van der Waals surface area contributed by atoms with E-state index in [1.807, 2.05) is 35.3 Å². The third-order valence-corrected chi connectivity index (χ3v) is 3.95. The van der Waals surface area contributed by atoms with E-state index in [1.54, 1.807) is 0 Å². The van der Waals surface area contributed by atoms with E-state index in [2.05, 4.69) is 28.0 Å². The van der Waals surface area contributed by atoms with Crippen molar-refractivity contribution in [3.8, 4) is 5.75 Å². The first kappa shape index (κ1) is 12.7. The Bertz CT molecular complexity index is 596. The molecule has 5 heteroatoms. The Morgan fingerprint density at radius 3 is 3.11 bits per heavy atom. The third kappa shape index (κ3) is 2.40. The molecule has 1 aliphatic rings. The molecule has 100 valence electrons. The van der Waals surface area contributed by atoms with Crippen LogP contribution in [-0.4, -0.2) is 9.78 Å². The van der Waals surface area contributed by atoms with E-state index in [1.165, 1.54) is 0 Å². The molecule has 0 amide bonds. The number of aryl methyl sites for hydroxylation is 1. The molecule has 1 aromatic heterocycles. The zero-order valence-electron chi connectivity index (χ0n) is 10.7. The number of ether oxygens (including phenoxy) is 1. The summed E-state index contributed by atoms with van der Waals surface area (Å²) in [4.78, 5) is 0. The van der Waals surface area contributed by atoms with E-state index in [9.17, 15) is 0 Å². The van der Waals surface area contributed by atoms with Crippen molar-refractivity contribution < 1.29 is 4.74 Å². The SMILES string of the molecule is CCn1cc(C2C[C@@H](N)c3ccc(Br)cc3O2)cn1. The average Bonchev–Trinajstić information content (AvgIpc) is 2.86. The number of fused-ring (bicyclic) bond motifs is 1. The highest BCUT2D eigenvalue weighted by molar-refractivity contribution is 9.10. The normalized spacial score (nSPS) is 21.8. The van der Waals surface area contributed by atoms with Crippen LogP contribution < -0.4 is 10.5 Å². The van der Waals surface area contributed by atoms with Gasteiger partial charge < -0.3 is 10.5 Å². The number of halogens is 1. The Labute approximate surface area is 120 Å². The fourth-order valence-electron chi connectivity index (χ4n) is 2.40. The lowest BCUT2D eigenvalue weighted by atomic mass is 9.95. The lowest BCUT2D eigenvalue weighted by molar-refractivity contribution is 0.161. The average molecular weight is 322 g/mol. The molecule has 0 aliphatic carbocycles. The summed E-state index contributed by atoms with van der Waals surface area (Å²) >= 11 is 3.46. The number of nitrogens with zero attached hydrogens (tertiary/aromatic N) is 2. The van der Waals surface area contributed by atoms with Crippen molar-refractivity contribution in [2.24, 2.45) is 5.73 Å². The van der Waals surface area contributed by atoms with Crippen molar-refractivity contribution in [1.29, 1.82) is 0 Å². The molecule has 1 aliphatic heterocycles. The minimum Gasteiger partial charge on any atom is -0.485 e. The van der Waals surface area contributed by atoms with Crippen LogP contribution in [0, 0.1) is 0 Å². The van der Waals surface area contributed by atoms with Gasteiger partial charge in [0.25, 0.3) is 0 Å². The molecular weight excluding hydrogens is 306 g/mol. The summed E-state index contributed by atoms with van der Waals surface area (Å²) in [7, 11) is 0. The predicted molar refractivity (Wildman–Crippen MR) is 77.0 cm³/mol. The van der Waals surface area contributed by atoms with E-state index in [4.69, 9.17) is 10.5 Å². The number of hydrogen-bond donors (Lipinski definition) is 1. The maximum atomic E-state index is 6.24. The summed E-state index contributed by atoms with van der Waals surface area (Å²) in [5.74, 6) is 0.863. The van der Waals surface area contributed by atoms with Gasteiger partial charge in [-0.05, 0) is 19.1 Å². The number of aromatic nitrogens is 2. The van der Waals surface area contributed by atoms with Crippen LogP contribution in [0.25, 0.3) is 0 Å². The van der Waals surface area contributed by atoms with Crippen LogP contribution in [0.15, 0.2) is 35.1 Å². The van der Waals surface area contributed by atoms with Crippen LogP contribution in [0.1, 0.15) is 36.6 Å². The second-order valence-electron chi connectivity index (χ2n) is 4.76. The quantitative estimate of drug-likeness (QED) is 0.924. The molecule has 2 heterocycles. The van der Waals surface area contributed by atoms with Gasteiger partial charge in [0.2, 0.25) is 0 Å². The number of hydrogen-bond acceptors (Lipinski definition) is 3. The molecule has 0 saturated heterocycles. The van der Waals surface area contributed by atoms with Gasteiger partial charge in [-0.2, -0.15) is 5.10 Å². The molecule has 0 fully saturated rings. The standard InChI is InChI=1S/C14H16BrN3O/c1-2-18-8-9(7-17-18)13-6-12(16)11-4-3-10(15)5-14(11)19-13/h3-5,7-8,12-13H,2,6,16H2,1H3/t12-,13?/m1/s1. The van der Waals surface area contributed by atoms with Crippen molar-refractivity contribution in [1.82, 2.24) is 9.78 Å². The second-order valence-corrected chi connectivity index (χ2v) is 5.68. The molecule has 4 nitrogen and oxygen atoms in total. The van der Waals surface area contributed by atoms with Crippen LogP contribution in [0.4, 0.5) is 0 Å². The van der Waals surface area contributed by atoms with E-state index in [0.717, 1.165) is 34.3 Å². The maximum Gasteiger partial charge on any atom is 0.129 e. The van der Waals surface area contributed by atoms with Crippen molar-refractivity contribution in [3.63, 3.8) is 0 Å². The van der Waals surface area contributed by atoms with E-state index < -0.39 is 0 Å². The smallest absolute Gasteiger partial charge is 0.129 e. The first-order chi connectivity index (χ1) is 9.17. The first-order valence-corrected chi connectivity index (χ1v) is 7.20. The van der Waals surface area contributed by atoms with Gasteiger partial charge in [0.1, 0.15) is 11.9 Å². The molecule has 1 aromatic carbocycles. The molecule has 3 rings (SSSR count). The lowest BCUT2D eigenvalue weighted by Gasteiger charge is -2.29. The van der Waals surface area contributed by atoms with Crippen molar-refractivity contribution >= 4 is 15.9 Å². The Hall–Kier alpha value is -1.33. The molecule has 0 spiro atoms. The number of benzene rings is 1. The minimum atomic E-state index is -0.0166. The number of nitrogens with two attached hydrogens (primary N) is 1. The van der Waals surface area contributed by atoms with E-state index >= 15 is 0 Å². The molecule has 0 bridgehead atoms. The summed E-state index contributed by atoms with van der Waals surface area (Å²) in [5, 5.41) is 4.30. The second kappa shape index (κ2) is 4.98. The van der Waals surface area contributed by atoms with Crippen LogP contribution in [0.3, 0.4) is 0 Å². The monoisotopic (exact) mass is 321 g/mol. The highest BCUT2D eigenvalue weighted by Gasteiger charge is 2.27. The minimum absolute atomic E-state index is 0.00632. The molecule has 2 aromatic rings. The zero-order chi connectivity index (χ0) is 13.4. The molecular formula is C14H16BrN3O. The van der Waals surface area contributed by atoms with Crippen molar-refractivity contribution in [3.05, 3.63) is 46.2 Å². The topological polar surface area (TPSA) is 53.1 Å². The predicted octanol–water partition coefficient (Wildman–Crippen LogP) is 3.19. The highest BCUT2D eigenvalue weighted by atomic mass is 79.9. The van der Waals surface area contributed by atoms with E-state index in [-0.39, 0.29) is 12.1 Å². The van der Waals surface area contributed by atoms with Crippen molar-refractivity contribution in [2.45, 2.75) is 32.0 Å². The van der Waals surface area contributed by atoms with Crippen LogP contribution >= 0.6 is 15.9 Å². The molecule has 2 atom stereocenters. The van der Waals surface area contributed by atoms with Gasteiger partial charge in [-0.3, -0.25) is 4.68 Å². The van der Waals surface area contributed by atoms with Gasteiger partial charge in [-0.15, -0.1) is 0 Å². The Morgan fingerprint density at radius 1 is 1.53 bits per heavy atom. The summed E-state index contributed by atoms with van der Waals surface area (Å²) in [5.41, 5.74) is 8.40. The fourth-order valence-corrected chi connectivity index (χ4v) is 2.74. The molecule has 0 radical (unpaired) electrons. The highest BCUT2D eigenvalue weighted by Crippen LogP contribution is 2.40. The van der Waals surface area contributed by atoms with E-state index in [0.29, 0.717) is 0 Å². The van der Waals surface area contributed by atoms with Gasteiger partial charge in [0.05, 0.1) is 6.20 Å². The maximum absolute atomic E-state index is 6.24. The molecule has 2 N–H and O–H groups in total. The fraction of sp³-hybridized carbons (Fsp3) is 0.357.